The normalized spacial score (nSPS) is 19.6. The van der Waals surface area contributed by atoms with Crippen molar-refractivity contribution in [2.75, 3.05) is 6.54 Å². The second-order valence-electron chi connectivity index (χ2n) is 6.36. The summed E-state index contributed by atoms with van der Waals surface area (Å²) in [6, 6.07) is 14.4. The Labute approximate surface area is 158 Å². The molecule has 132 valence electrons. The molecule has 3 aromatic heterocycles. The van der Waals surface area contributed by atoms with E-state index in [1.807, 2.05) is 30.6 Å². The molecule has 0 aromatic carbocycles. The van der Waals surface area contributed by atoms with Crippen molar-refractivity contribution < 1.29 is 0 Å². The van der Waals surface area contributed by atoms with Crippen LogP contribution < -0.4 is 5.32 Å². The van der Waals surface area contributed by atoms with Gasteiger partial charge in [0.2, 0.25) is 0 Å². The molecule has 1 aliphatic rings. The van der Waals surface area contributed by atoms with Gasteiger partial charge in [-0.05, 0) is 62.5 Å². The fourth-order valence-electron chi connectivity index (χ4n) is 3.70. The molecule has 26 heavy (non-hydrogen) atoms. The molecule has 1 aliphatic heterocycles. The summed E-state index contributed by atoms with van der Waals surface area (Å²) in [4.78, 5) is 11.1. The first-order valence-electron chi connectivity index (χ1n) is 8.77. The van der Waals surface area contributed by atoms with Crippen molar-refractivity contribution in [1.82, 2.24) is 24.8 Å². The SMILES string of the molecule is CCN1C(=S)N[C@@H](c2ccccn2)[C@H]1c1ccc(C)n1-c1cccnc1. The zero-order valence-electron chi connectivity index (χ0n) is 14.8. The zero-order chi connectivity index (χ0) is 18.1. The maximum absolute atomic E-state index is 5.63. The molecule has 0 unspecified atom stereocenters. The summed E-state index contributed by atoms with van der Waals surface area (Å²) < 4.78 is 2.26. The maximum Gasteiger partial charge on any atom is 0.170 e. The van der Waals surface area contributed by atoms with Crippen LogP contribution in [-0.2, 0) is 0 Å². The highest BCUT2D eigenvalue weighted by Gasteiger charge is 2.40. The standard InChI is InChI=1S/C20H21N5S/c1-3-24-19(18(23-20(24)26)16-8-4-5-12-22-16)17-10-9-14(2)25(17)15-7-6-11-21-13-15/h4-13,18-19H,3H2,1-2H3,(H,23,26)/t18-,19+/m0/s1. The van der Waals surface area contributed by atoms with Gasteiger partial charge in [-0.25, -0.2) is 0 Å². The van der Waals surface area contributed by atoms with Crippen LogP contribution in [0, 0.1) is 6.92 Å². The molecule has 1 N–H and O–H groups in total. The predicted molar refractivity (Wildman–Crippen MR) is 106 cm³/mol. The summed E-state index contributed by atoms with van der Waals surface area (Å²) in [6.07, 6.45) is 5.52. The Morgan fingerprint density at radius 1 is 1.12 bits per heavy atom. The fourth-order valence-corrected chi connectivity index (χ4v) is 4.07. The molecule has 0 amide bonds. The quantitative estimate of drug-likeness (QED) is 0.718. The van der Waals surface area contributed by atoms with E-state index in [2.05, 4.69) is 62.9 Å². The van der Waals surface area contributed by atoms with Gasteiger partial charge >= 0.3 is 0 Å². The van der Waals surface area contributed by atoms with E-state index in [0.717, 1.165) is 23.0 Å². The molecule has 3 aromatic rings. The minimum atomic E-state index is 0.00775. The van der Waals surface area contributed by atoms with Gasteiger partial charge in [0.15, 0.2) is 5.11 Å². The Morgan fingerprint density at radius 2 is 2.00 bits per heavy atom. The highest BCUT2D eigenvalue weighted by Crippen LogP contribution is 2.39. The van der Waals surface area contributed by atoms with Crippen LogP contribution in [0.5, 0.6) is 0 Å². The van der Waals surface area contributed by atoms with E-state index in [9.17, 15) is 0 Å². The smallest absolute Gasteiger partial charge is 0.170 e. The molecular formula is C20H21N5S. The zero-order valence-corrected chi connectivity index (χ0v) is 15.6. The molecule has 0 spiro atoms. The second-order valence-corrected chi connectivity index (χ2v) is 6.75. The van der Waals surface area contributed by atoms with Crippen LogP contribution in [0.15, 0.2) is 61.1 Å². The van der Waals surface area contributed by atoms with Gasteiger partial charge in [-0.15, -0.1) is 0 Å². The summed E-state index contributed by atoms with van der Waals surface area (Å²) in [5.41, 5.74) is 4.40. The van der Waals surface area contributed by atoms with Crippen LogP contribution >= 0.6 is 12.2 Å². The van der Waals surface area contributed by atoms with Crippen molar-refractivity contribution in [3.05, 3.63) is 78.1 Å². The summed E-state index contributed by atoms with van der Waals surface area (Å²) in [6.45, 7) is 5.08. The van der Waals surface area contributed by atoms with E-state index in [4.69, 9.17) is 12.2 Å². The van der Waals surface area contributed by atoms with Crippen LogP contribution in [0.1, 0.15) is 36.1 Å². The highest BCUT2D eigenvalue weighted by molar-refractivity contribution is 7.80. The summed E-state index contributed by atoms with van der Waals surface area (Å²) in [5.74, 6) is 0. The molecule has 0 saturated carbocycles. The molecule has 0 aliphatic carbocycles. The van der Waals surface area contributed by atoms with Gasteiger partial charge in [-0.1, -0.05) is 6.07 Å². The Balaban J connectivity index is 1.85. The lowest BCUT2D eigenvalue weighted by molar-refractivity contribution is 0.320. The molecule has 5 nitrogen and oxygen atoms in total. The van der Waals surface area contributed by atoms with Gasteiger partial charge < -0.3 is 14.8 Å². The van der Waals surface area contributed by atoms with E-state index < -0.39 is 0 Å². The molecule has 2 atom stereocenters. The van der Waals surface area contributed by atoms with Crippen LogP contribution in [0.4, 0.5) is 0 Å². The van der Waals surface area contributed by atoms with Crippen LogP contribution in [-0.4, -0.2) is 31.1 Å². The lowest BCUT2D eigenvalue weighted by Crippen LogP contribution is -2.30. The Bertz CT molecular complexity index is 906. The minimum absolute atomic E-state index is 0.00775. The van der Waals surface area contributed by atoms with Crippen LogP contribution in [0.2, 0.25) is 0 Å². The number of likely N-dealkylation sites (N-methyl/N-ethyl adjacent to an activating group) is 1. The van der Waals surface area contributed by atoms with E-state index >= 15 is 0 Å². The van der Waals surface area contributed by atoms with Crippen molar-refractivity contribution in [2.24, 2.45) is 0 Å². The first kappa shape index (κ1) is 16.7. The number of nitrogens with one attached hydrogen (secondary N) is 1. The number of hydrogen-bond acceptors (Lipinski definition) is 3. The summed E-state index contributed by atoms with van der Waals surface area (Å²) >= 11 is 5.63. The van der Waals surface area contributed by atoms with Gasteiger partial charge in [0.25, 0.3) is 0 Å². The molecule has 6 heteroatoms. The van der Waals surface area contributed by atoms with Crippen molar-refractivity contribution in [2.45, 2.75) is 25.9 Å². The fraction of sp³-hybridized carbons (Fsp3) is 0.250. The number of aryl methyl sites for hydroxylation is 1. The number of rotatable bonds is 4. The third-order valence-corrected chi connectivity index (χ3v) is 5.20. The van der Waals surface area contributed by atoms with E-state index in [1.165, 1.54) is 11.4 Å². The lowest BCUT2D eigenvalue weighted by atomic mass is 10.0. The van der Waals surface area contributed by atoms with E-state index in [-0.39, 0.29) is 12.1 Å². The molecule has 0 bridgehead atoms. The van der Waals surface area contributed by atoms with Gasteiger partial charge in [-0.2, -0.15) is 0 Å². The summed E-state index contributed by atoms with van der Waals surface area (Å²) in [5, 5.41) is 4.24. The molecular weight excluding hydrogens is 342 g/mol. The largest absolute Gasteiger partial charge is 0.352 e. The predicted octanol–water partition coefficient (Wildman–Crippen LogP) is 3.57. The monoisotopic (exact) mass is 363 g/mol. The number of thiocarbonyl (C=S) groups is 1. The topological polar surface area (TPSA) is 46.0 Å². The van der Waals surface area contributed by atoms with Crippen molar-refractivity contribution >= 4 is 17.3 Å². The Kier molecular flexibility index (Phi) is 4.42. The third kappa shape index (κ3) is 2.76. The minimum Gasteiger partial charge on any atom is -0.352 e. The van der Waals surface area contributed by atoms with Crippen LogP contribution in [0.3, 0.4) is 0 Å². The van der Waals surface area contributed by atoms with Gasteiger partial charge in [0.1, 0.15) is 0 Å². The Hall–Kier alpha value is -2.73. The van der Waals surface area contributed by atoms with Gasteiger partial charge in [0.05, 0.1) is 29.7 Å². The maximum atomic E-state index is 5.63. The average Bonchev–Trinajstić information content (AvgIpc) is 3.22. The molecule has 0 radical (unpaired) electrons. The van der Waals surface area contributed by atoms with E-state index in [0.29, 0.717) is 0 Å². The first-order valence-corrected chi connectivity index (χ1v) is 9.18. The highest BCUT2D eigenvalue weighted by atomic mass is 32.1. The molecule has 4 heterocycles. The number of aromatic nitrogens is 3. The molecule has 4 rings (SSSR count). The van der Waals surface area contributed by atoms with Gasteiger partial charge in [0, 0.05) is 30.3 Å². The second kappa shape index (κ2) is 6.88. The molecule has 1 saturated heterocycles. The van der Waals surface area contributed by atoms with Crippen molar-refractivity contribution in [3.63, 3.8) is 0 Å². The first-order chi connectivity index (χ1) is 12.7. The van der Waals surface area contributed by atoms with Gasteiger partial charge in [-0.3, -0.25) is 9.97 Å². The average molecular weight is 363 g/mol. The number of nitrogens with zero attached hydrogens (tertiary/aromatic N) is 4. The number of hydrogen-bond donors (Lipinski definition) is 1. The Morgan fingerprint density at radius 3 is 2.69 bits per heavy atom. The lowest BCUT2D eigenvalue weighted by Gasteiger charge is -2.28. The van der Waals surface area contributed by atoms with Crippen molar-refractivity contribution in [3.8, 4) is 5.69 Å². The molecule has 1 fully saturated rings. The number of pyridine rings is 2. The van der Waals surface area contributed by atoms with Crippen molar-refractivity contribution in [1.29, 1.82) is 0 Å². The van der Waals surface area contributed by atoms with Crippen LogP contribution in [0.25, 0.3) is 5.69 Å². The third-order valence-electron chi connectivity index (χ3n) is 4.85. The summed E-state index contributed by atoms with van der Waals surface area (Å²) in [7, 11) is 0. The van der Waals surface area contributed by atoms with E-state index in [1.54, 1.807) is 6.20 Å².